The third-order valence-corrected chi connectivity index (χ3v) is 16.5. The lowest BCUT2D eigenvalue weighted by Crippen LogP contribution is -2.30. The van der Waals surface area contributed by atoms with E-state index in [0.717, 1.165) is 83.5 Å². The molecule has 0 aromatic rings. The van der Waals surface area contributed by atoms with Crippen molar-refractivity contribution in [2.75, 3.05) is 13.2 Å². The first-order valence-electron chi connectivity index (χ1n) is 36.8. The zero-order chi connectivity index (χ0) is 59.9. The number of ether oxygens (including phenoxy) is 3. The quantitative estimate of drug-likeness (QED) is 0.0261. The fourth-order valence-electron chi connectivity index (χ4n) is 11.0. The number of carbonyl (C=O) groups excluding carboxylic acids is 3. The molecular weight excluding hydrogens is 1020 g/mol. The highest BCUT2D eigenvalue weighted by molar-refractivity contribution is 5.71. The van der Waals surface area contributed by atoms with Gasteiger partial charge in [-0.25, -0.2) is 0 Å². The van der Waals surface area contributed by atoms with Gasteiger partial charge in [0.05, 0.1) is 0 Å². The number of rotatable bonds is 68. The first-order valence-corrected chi connectivity index (χ1v) is 36.8. The van der Waals surface area contributed by atoms with Gasteiger partial charge in [0.1, 0.15) is 13.2 Å². The van der Waals surface area contributed by atoms with Crippen molar-refractivity contribution in [3.8, 4) is 0 Å². The maximum absolute atomic E-state index is 13.0. The van der Waals surface area contributed by atoms with E-state index in [1.54, 1.807) is 0 Å². The summed E-state index contributed by atoms with van der Waals surface area (Å²) >= 11 is 0. The van der Waals surface area contributed by atoms with Gasteiger partial charge in [-0.2, -0.15) is 0 Å². The molecule has 0 aliphatic rings. The lowest BCUT2D eigenvalue weighted by molar-refractivity contribution is -0.167. The first-order chi connectivity index (χ1) is 41.0. The number of allylic oxidation sites excluding steroid dienone is 10. The second kappa shape index (κ2) is 71.6. The third-order valence-electron chi connectivity index (χ3n) is 16.5. The lowest BCUT2D eigenvalue weighted by Gasteiger charge is -2.18. The summed E-state index contributed by atoms with van der Waals surface area (Å²) in [4.78, 5) is 38.5. The molecule has 0 aliphatic heterocycles. The molecule has 0 rings (SSSR count). The Morgan fingerprint density at radius 2 is 0.470 bits per heavy atom. The standard InChI is InChI=1S/C77H140O6/c1-4-7-10-13-16-19-22-25-28-31-33-34-35-36-37-38-39-40-41-42-44-46-49-52-55-58-61-64-67-70-76(79)82-73-74(72-81-75(78)69-66-63-60-57-54-51-48-45-30-27-24-21-18-15-12-9-6-3)83-77(80)71-68-65-62-59-56-53-50-47-43-32-29-26-23-20-17-14-11-8-5-2/h9,12,18,21,26-27,29-31,33,74H,4-8,10-11,13-17,19-20,22-25,28,32,34-73H2,1-3H3/b12-9-,21-18-,29-26-,30-27-,33-31-. The molecule has 0 aromatic carbocycles. The molecule has 0 saturated carbocycles. The summed E-state index contributed by atoms with van der Waals surface area (Å²) in [6, 6.07) is 0. The smallest absolute Gasteiger partial charge is 0.306 e. The normalized spacial score (nSPS) is 12.4. The zero-order valence-electron chi connectivity index (χ0n) is 55.7. The van der Waals surface area contributed by atoms with Crippen LogP contribution in [-0.4, -0.2) is 37.2 Å². The monoisotopic (exact) mass is 1160 g/mol. The van der Waals surface area contributed by atoms with E-state index in [-0.39, 0.29) is 31.1 Å². The summed E-state index contributed by atoms with van der Waals surface area (Å²) in [6.07, 6.45) is 92.6. The van der Waals surface area contributed by atoms with Crippen molar-refractivity contribution >= 4 is 17.9 Å². The highest BCUT2D eigenvalue weighted by Crippen LogP contribution is 2.18. The molecule has 1 unspecified atom stereocenters. The highest BCUT2D eigenvalue weighted by atomic mass is 16.6. The summed E-state index contributed by atoms with van der Waals surface area (Å²) < 4.78 is 17.0. The Labute approximate surface area is 517 Å². The second-order valence-corrected chi connectivity index (χ2v) is 24.8. The van der Waals surface area contributed by atoms with Crippen LogP contribution in [0.15, 0.2) is 60.8 Å². The minimum absolute atomic E-state index is 0.0746. The molecule has 83 heavy (non-hydrogen) atoms. The van der Waals surface area contributed by atoms with Crippen LogP contribution >= 0.6 is 0 Å². The molecule has 6 heteroatoms. The Bertz CT molecular complexity index is 1470. The first kappa shape index (κ1) is 80.1. The van der Waals surface area contributed by atoms with E-state index in [1.165, 1.54) is 270 Å². The SMILES string of the molecule is CC/C=C\C/C=C\C/C=C\CCCCCCCCCC(=O)OCC(COC(=O)CCCCCCCCCCCCCCCCCCC/C=C\CCCCCCCCCC)OC(=O)CCCCCCCCCCC/C=C\CCCCCCCC. The molecule has 0 aliphatic carbocycles. The van der Waals surface area contributed by atoms with Crippen LogP contribution in [0.1, 0.15) is 393 Å². The highest BCUT2D eigenvalue weighted by Gasteiger charge is 2.19. The van der Waals surface area contributed by atoms with Crippen LogP contribution in [0.5, 0.6) is 0 Å². The number of carbonyl (C=O) groups is 3. The van der Waals surface area contributed by atoms with Crippen LogP contribution in [-0.2, 0) is 28.6 Å². The van der Waals surface area contributed by atoms with E-state index in [9.17, 15) is 14.4 Å². The number of esters is 3. The minimum Gasteiger partial charge on any atom is -0.462 e. The molecule has 0 N–H and O–H groups in total. The molecule has 0 spiro atoms. The van der Waals surface area contributed by atoms with Gasteiger partial charge in [-0.1, -0.05) is 332 Å². The molecular formula is C77H140O6. The van der Waals surface area contributed by atoms with E-state index >= 15 is 0 Å². The van der Waals surface area contributed by atoms with Crippen LogP contribution in [0.3, 0.4) is 0 Å². The molecule has 6 nitrogen and oxygen atoms in total. The van der Waals surface area contributed by atoms with Crippen molar-refractivity contribution in [1.29, 1.82) is 0 Å². The van der Waals surface area contributed by atoms with Crippen LogP contribution in [0.2, 0.25) is 0 Å². The third kappa shape index (κ3) is 69.8. The Morgan fingerprint density at radius 3 is 0.747 bits per heavy atom. The maximum Gasteiger partial charge on any atom is 0.306 e. The van der Waals surface area contributed by atoms with Gasteiger partial charge >= 0.3 is 17.9 Å². The van der Waals surface area contributed by atoms with Gasteiger partial charge in [0.15, 0.2) is 6.10 Å². The van der Waals surface area contributed by atoms with Gasteiger partial charge in [0.2, 0.25) is 0 Å². The van der Waals surface area contributed by atoms with Crippen LogP contribution < -0.4 is 0 Å². The van der Waals surface area contributed by atoms with Crippen molar-refractivity contribution < 1.29 is 28.6 Å². The van der Waals surface area contributed by atoms with Crippen molar-refractivity contribution in [3.63, 3.8) is 0 Å². The molecule has 1 atom stereocenters. The Hall–Kier alpha value is -2.89. The zero-order valence-corrected chi connectivity index (χ0v) is 55.7. The van der Waals surface area contributed by atoms with Gasteiger partial charge in [-0.15, -0.1) is 0 Å². The number of hydrogen-bond donors (Lipinski definition) is 0. The fraction of sp³-hybridized carbons (Fsp3) is 0.831. The van der Waals surface area contributed by atoms with Crippen molar-refractivity contribution in [3.05, 3.63) is 60.8 Å². The van der Waals surface area contributed by atoms with Gasteiger partial charge < -0.3 is 14.2 Å². The van der Waals surface area contributed by atoms with Crippen LogP contribution in [0, 0.1) is 0 Å². The molecule has 0 amide bonds. The molecule has 0 heterocycles. The van der Waals surface area contributed by atoms with E-state index in [1.807, 2.05) is 0 Å². The molecule has 484 valence electrons. The van der Waals surface area contributed by atoms with Crippen molar-refractivity contribution in [1.82, 2.24) is 0 Å². The Kier molecular flexibility index (Phi) is 69.1. The van der Waals surface area contributed by atoms with Gasteiger partial charge in [-0.3, -0.25) is 14.4 Å². The van der Waals surface area contributed by atoms with Gasteiger partial charge in [-0.05, 0) is 103 Å². The maximum atomic E-state index is 13.0. The largest absolute Gasteiger partial charge is 0.462 e. The predicted molar refractivity (Wildman–Crippen MR) is 362 cm³/mol. The topological polar surface area (TPSA) is 78.9 Å². The summed E-state index contributed by atoms with van der Waals surface area (Å²) in [5.74, 6) is -0.862. The summed E-state index contributed by atoms with van der Waals surface area (Å²) in [5, 5.41) is 0. The van der Waals surface area contributed by atoms with E-state index in [2.05, 4.69) is 81.5 Å². The van der Waals surface area contributed by atoms with E-state index in [4.69, 9.17) is 14.2 Å². The number of hydrogen-bond acceptors (Lipinski definition) is 6. The Morgan fingerprint density at radius 1 is 0.253 bits per heavy atom. The Balaban J connectivity index is 4.25. The summed E-state index contributed by atoms with van der Waals surface area (Å²) in [6.45, 7) is 6.58. The van der Waals surface area contributed by atoms with Crippen molar-refractivity contribution in [2.45, 2.75) is 399 Å². The molecule has 0 aromatic heterocycles. The van der Waals surface area contributed by atoms with E-state index < -0.39 is 6.10 Å². The summed E-state index contributed by atoms with van der Waals surface area (Å²) in [5.41, 5.74) is 0. The van der Waals surface area contributed by atoms with E-state index in [0.29, 0.717) is 19.3 Å². The number of unbranched alkanes of at least 4 members (excludes halogenated alkanes) is 47. The van der Waals surface area contributed by atoms with Crippen LogP contribution in [0.25, 0.3) is 0 Å². The molecule has 0 radical (unpaired) electrons. The summed E-state index contributed by atoms with van der Waals surface area (Å²) in [7, 11) is 0. The van der Waals surface area contributed by atoms with Gasteiger partial charge in [0, 0.05) is 19.3 Å². The minimum atomic E-state index is -0.780. The van der Waals surface area contributed by atoms with Gasteiger partial charge in [0.25, 0.3) is 0 Å². The lowest BCUT2D eigenvalue weighted by atomic mass is 10.0. The van der Waals surface area contributed by atoms with Crippen LogP contribution in [0.4, 0.5) is 0 Å². The molecule has 0 saturated heterocycles. The average molecular weight is 1160 g/mol. The van der Waals surface area contributed by atoms with Crippen molar-refractivity contribution in [2.24, 2.45) is 0 Å². The molecule has 0 fully saturated rings. The predicted octanol–water partition coefficient (Wildman–Crippen LogP) is 25.5. The average Bonchev–Trinajstić information content (AvgIpc) is 3.50. The fourth-order valence-corrected chi connectivity index (χ4v) is 11.0. The molecule has 0 bridgehead atoms. The second-order valence-electron chi connectivity index (χ2n) is 24.8.